The normalized spacial score (nSPS) is 12.7. The van der Waals surface area contributed by atoms with E-state index in [1.165, 1.54) is 0 Å². The average Bonchev–Trinajstić information content (AvgIpc) is 1.98. The lowest BCUT2D eigenvalue weighted by molar-refractivity contribution is 1.44. The number of nitriles is 1. The van der Waals surface area contributed by atoms with Crippen LogP contribution < -0.4 is 0 Å². The topological polar surface area (TPSA) is 23.8 Å². The minimum Gasteiger partial charge on any atom is -0.193 e. The molecule has 0 heterocycles. The molecule has 0 saturated carbocycles. The zero-order chi connectivity index (χ0) is 7.82. The van der Waals surface area contributed by atoms with Crippen LogP contribution in [0.2, 0.25) is 0 Å². The summed E-state index contributed by atoms with van der Waals surface area (Å²) in [6.45, 7) is 3.73. The lowest BCUT2D eigenvalue weighted by Crippen LogP contribution is -1.62. The van der Waals surface area contributed by atoms with Crippen molar-refractivity contribution in [3.8, 4) is 6.07 Å². The van der Waals surface area contributed by atoms with Gasteiger partial charge in [0.2, 0.25) is 0 Å². The van der Waals surface area contributed by atoms with Gasteiger partial charge in [-0.25, -0.2) is 0 Å². The van der Waals surface area contributed by atoms with E-state index in [4.69, 9.17) is 5.26 Å². The molecule has 0 aliphatic rings. The summed E-state index contributed by atoms with van der Waals surface area (Å²) in [4.78, 5) is 0. The van der Waals surface area contributed by atoms with Crippen LogP contribution in [0.1, 0.15) is 13.8 Å². The summed E-state index contributed by atoms with van der Waals surface area (Å²) in [5.41, 5.74) is 0.723. The van der Waals surface area contributed by atoms with Crippen LogP contribution >= 0.6 is 0 Å². The second-order valence-electron chi connectivity index (χ2n) is 1.87. The van der Waals surface area contributed by atoms with Gasteiger partial charge in [-0.2, -0.15) is 5.26 Å². The van der Waals surface area contributed by atoms with Crippen LogP contribution in [0.25, 0.3) is 0 Å². The molecule has 0 saturated heterocycles. The molecule has 0 spiro atoms. The van der Waals surface area contributed by atoms with E-state index in [2.05, 4.69) is 0 Å². The molecule has 0 N–H and O–H groups in total. The number of hydrogen-bond acceptors (Lipinski definition) is 1. The van der Waals surface area contributed by atoms with Gasteiger partial charge in [-0.3, -0.25) is 0 Å². The Morgan fingerprint density at radius 2 is 2.00 bits per heavy atom. The van der Waals surface area contributed by atoms with Crippen molar-refractivity contribution < 1.29 is 0 Å². The Morgan fingerprint density at radius 1 is 1.30 bits per heavy atom. The van der Waals surface area contributed by atoms with E-state index in [-0.39, 0.29) is 0 Å². The first kappa shape index (κ1) is 8.71. The van der Waals surface area contributed by atoms with Crippen molar-refractivity contribution in [2.75, 3.05) is 0 Å². The van der Waals surface area contributed by atoms with Crippen molar-refractivity contribution >= 4 is 0 Å². The van der Waals surface area contributed by atoms with E-state index < -0.39 is 0 Å². The highest BCUT2D eigenvalue weighted by Crippen LogP contribution is 1.89. The first-order valence-electron chi connectivity index (χ1n) is 3.17. The third-order valence-electron chi connectivity index (χ3n) is 0.937. The predicted octanol–water partition coefficient (Wildman–Crippen LogP) is 2.59. The van der Waals surface area contributed by atoms with Crippen molar-refractivity contribution in [3.05, 3.63) is 36.0 Å². The number of rotatable bonds is 2. The SMILES string of the molecule is C/C=C/C=C\C=C(/C)C#N. The Bertz CT molecular complexity index is 201. The average molecular weight is 133 g/mol. The van der Waals surface area contributed by atoms with Crippen LogP contribution in [0.4, 0.5) is 0 Å². The smallest absolute Gasteiger partial charge is 0.0944 e. The van der Waals surface area contributed by atoms with Gasteiger partial charge >= 0.3 is 0 Å². The lowest BCUT2D eigenvalue weighted by Gasteiger charge is -1.76. The van der Waals surface area contributed by atoms with Gasteiger partial charge in [-0.15, -0.1) is 0 Å². The Balaban J connectivity index is 3.85. The van der Waals surface area contributed by atoms with Crippen LogP contribution in [0.3, 0.4) is 0 Å². The zero-order valence-electron chi connectivity index (χ0n) is 6.33. The Hall–Kier alpha value is -1.29. The molecule has 0 unspecified atom stereocenters. The van der Waals surface area contributed by atoms with Gasteiger partial charge in [0.05, 0.1) is 6.07 Å². The molecule has 10 heavy (non-hydrogen) atoms. The standard InChI is InChI=1S/C9H11N/c1-3-4-5-6-7-9(2)8-10/h3-7H,1-2H3/b4-3+,6-5-,9-7+. The quantitative estimate of drug-likeness (QED) is 0.419. The lowest BCUT2D eigenvalue weighted by atomic mass is 10.3. The minimum absolute atomic E-state index is 0.723. The Kier molecular flexibility index (Phi) is 5.09. The molecule has 0 aliphatic heterocycles. The van der Waals surface area contributed by atoms with E-state index in [9.17, 15) is 0 Å². The fourth-order valence-electron chi connectivity index (χ4n) is 0.412. The molecule has 0 bridgehead atoms. The monoisotopic (exact) mass is 133 g/mol. The molecule has 0 aromatic heterocycles. The molecule has 52 valence electrons. The second kappa shape index (κ2) is 5.84. The number of allylic oxidation sites excluding steroid dienone is 6. The molecular weight excluding hydrogens is 122 g/mol. The van der Waals surface area contributed by atoms with Gasteiger partial charge in [0, 0.05) is 5.57 Å². The van der Waals surface area contributed by atoms with Crippen molar-refractivity contribution in [1.29, 1.82) is 5.26 Å². The van der Waals surface area contributed by atoms with Crippen LogP contribution in [0.5, 0.6) is 0 Å². The van der Waals surface area contributed by atoms with Crippen LogP contribution in [-0.4, -0.2) is 0 Å². The van der Waals surface area contributed by atoms with E-state index in [1.807, 2.05) is 37.3 Å². The molecule has 0 aromatic rings. The highest BCUT2D eigenvalue weighted by atomic mass is 14.2. The van der Waals surface area contributed by atoms with Gasteiger partial charge in [0.1, 0.15) is 0 Å². The maximum absolute atomic E-state index is 8.32. The highest BCUT2D eigenvalue weighted by molar-refractivity contribution is 5.24. The fourth-order valence-corrected chi connectivity index (χ4v) is 0.412. The van der Waals surface area contributed by atoms with E-state index in [0.29, 0.717) is 0 Å². The summed E-state index contributed by atoms with van der Waals surface area (Å²) in [6, 6.07) is 2.03. The third-order valence-corrected chi connectivity index (χ3v) is 0.937. The molecule has 0 fully saturated rings. The fraction of sp³-hybridized carbons (Fsp3) is 0.222. The van der Waals surface area contributed by atoms with Crippen molar-refractivity contribution in [2.24, 2.45) is 0 Å². The predicted molar refractivity (Wildman–Crippen MR) is 43.3 cm³/mol. The van der Waals surface area contributed by atoms with Gasteiger partial charge in [-0.05, 0) is 19.9 Å². The molecule has 0 amide bonds. The summed E-state index contributed by atoms with van der Waals surface area (Å²) in [7, 11) is 0. The van der Waals surface area contributed by atoms with Crippen LogP contribution in [0.15, 0.2) is 36.0 Å². The van der Waals surface area contributed by atoms with Crippen LogP contribution in [0, 0.1) is 11.3 Å². The first-order valence-corrected chi connectivity index (χ1v) is 3.17. The molecular formula is C9H11N. The Labute approximate surface area is 62.0 Å². The van der Waals surface area contributed by atoms with Crippen LogP contribution in [-0.2, 0) is 0 Å². The molecule has 0 radical (unpaired) electrons. The van der Waals surface area contributed by atoms with Gasteiger partial charge < -0.3 is 0 Å². The summed E-state index contributed by atoms with van der Waals surface area (Å²) >= 11 is 0. The number of hydrogen-bond donors (Lipinski definition) is 0. The molecule has 0 aromatic carbocycles. The molecule has 0 rings (SSSR count). The molecule has 0 aliphatic carbocycles. The maximum atomic E-state index is 8.32. The van der Waals surface area contributed by atoms with Gasteiger partial charge in [0.15, 0.2) is 0 Å². The molecule has 1 nitrogen and oxygen atoms in total. The van der Waals surface area contributed by atoms with E-state index in [0.717, 1.165) is 5.57 Å². The first-order chi connectivity index (χ1) is 4.81. The molecule has 0 atom stereocenters. The van der Waals surface area contributed by atoms with Gasteiger partial charge in [0.25, 0.3) is 0 Å². The van der Waals surface area contributed by atoms with Crippen molar-refractivity contribution in [1.82, 2.24) is 0 Å². The maximum Gasteiger partial charge on any atom is 0.0944 e. The van der Waals surface area contributed by atoms with E-state index in [1.54, 1.807) is 13.0 Å². The largest absolute Gasteiger partial charge is 0.193 e. The summed E-state index contributed by atoms with van der Waals surface area (Å²) in [5, 5.41) is 8.32. The summed E-state index contributed by atoms with van der Waals surface area (Å²) in [5.74, 6) is 0. The summed E-state index contributed by atoms with van der Waals surface area (Å²) in [6.07, 6.45) is 9.37. The Morgan fingerprint density at radius 3 is 2.50 bits per heavy atom. The van der Waals surface area contributed by atoms with E-state index >= 15 is 0 Å². The van der Waals surface area contributed by atoms with Crippen molar-refractivity contribution in [2.45, 2.75) is 13.8 Å². The third kappa shape index (κ3) is 4.86. The highest BCUT2D eigenvalue weighted by Gasteiger charge is 1.75. The second-order valence-corrected chi connectivity index (χ2v) is 1.87. The van der Waals surface area contributed by atoms with Crippen molar-refractivity contribution in [3.63, 3.8) is 0 Å². The molecule has 1 heteroatoms. The summed E-state index contributed by atoms with van der Waals surface area (Å²) < 4.78 is 0. The number of nitrogens with zero attached hydrogens (tertiary/aromatic N) is 1. The minimum atomic E-state index is 0.723. The van der Waals surface area contributed by atoms with Gasteiger partial charge in [-0.1, -0.05) is 24.3 Å². The zero-order valence-corrected chi connectivity index (χ0v) is 6.33.